The molecule has 2 N–H and O–H groups in total. The molecule has 0 atom stereocenters. The molecule has 1 aliphatic heterocycles. The Hall–Kier alpha value is -2.19. The van der Waals surface area contributed by atoms with E-state index in [1.165, 1.54) is 0 Å². The number of amides is 1. The van der Waals surface area contributed by atoms with Gasteiger partial charge >= 0.3 is 0 Å². The quantitative estimate of drug-likeness (QED) is 0.807. The van der Waals surface area contributed by atoms with Crippen LogP contribution in [0.2, 0.25) is 0 Å². The maximum absolute atomic E-state index is 12.9. The van der Waals surface area contributed by atoms with Gasteiger partial charge in [0.25, 0.3) is 5.91 Å². The van der Waals surface area contributed by atoms with E-state index in [4.69, 9.17) is 4.74 Å². The Bertz CT molecular complexity index is 630. The van der Waals surface area contributed by atoms with Crippen molar-refractivity contribution in [2.75, 3.05) is 32.1 Å². The van der Waals surface area contributed by atoms with Crippen molar-refractivity contribution in [2.45, 2.75) is 24.9 Å². The molecule has 0 bridgehead atoms. The first-order chi connectivity index (χ1) is 11.2. The highest BCUT2D eigenvalue weighted by Gasteiger charge is 2.42. The molecule has 8 heteroatoms. The molecule has 0 unspecified atom stereocenters. The molecule has 8 nitrogen and oxygen atoms in total. The van der Waals surface area contributed by atoms with Crippen LogP contribution in [0.4, 0.5) is 5.82 Å². The van der Waals surface area contributed by atoms with Gasteiger partial charge in [-0.3, -0.25) is 14.2 Å². The summed E-state index contributed by atoms with van der Waals surface area (Å²) in [5, 5.41) is 14.9. The Balaban J connectivity index is 1.75. The van der Waals surface area contributed by atoms with Gasteiger partial charge in [0, 0.05) is 31.8 Å². The van der Waals surface area contributed by atoms with Crippen molar-refractivity contribution >= 4 is 11.7 Å². The van der Waals surface area contributed by atoms with Gasteiger partial charge in [-0.1, -0.05) is 0 Å². The largest absolute Gasteiger partial charge is 0.383 e. The normalized spacial score (nSPS) is 17.1. The summed E-state index contributed by atoms with van der Waals surface area (Å²) >= 11 is 0. The monoisotopic (exact) mass is 318 g/mol. The second-order valence-corrected chi connectivity index (χ2v) is 5.64. The van der Waals surface area contributed by atoms with Crippen LogP contribution >= 0.6 is 0 Å². The Kier molecular flexibility index (Phi) is 4.73. The van der Waals surface area contributed by atoms with Crippen molar-refractivity contribution in [2.24, 2.45) is 0 Å². The van der Waals surface area contributed by atoms with E-state index >= 15 is 0 Å². The van der Waals surface area contributed by atoms with E-state index < -0.39 is 5.54 Å². The molecule has 1 saturated heterocycles. The van der Waals surface area contributed by atoms with Gasteiger partial charge in [0.15, 0.2) is 5.82 Å². The van der Waals surface area contributed by atoms with E-state index in [1.54, 1.807) is 28.7 Å². The number of aromatic nitrogens is 4. The fourth-order valence-electron chi connectivity index (χ4n) is 2.89. The molecule has 1 amide bonds. The molecule has 2 aromatic rings. The number of hydrogen-bond donors (Lipinski definition) is 2. The maximum Gasteiger partial charge on any atom is 0.253 e. The van der Waals surface area contributed by atoms with Crippen LogP contribution in [0.1, 0.15) is 12.8 Å². The van der Waals surface area contributed by atoms with Crippen LogP contribution in [0.3, 0.4) is 0 Å². The van der Waals surface area contributed by atoms with Gasteiger partial charge in [0.2, 0.25) is 0 Å². The fraction of sp³-hybridized carbons (Fsp3) is 0.533. The molecule has 0 aromatic carbocycles. The minimum absolute atomic E-state index is 0.0697. The van der Waals surface area contributed by atoms with E-state index in [2.05, 4.69) is 20.8 Å². The summed E-state index contributed by atoms with van der Waals surface area (Å²) in [4.78, 5) is 12.9. The predicted octanol–water partition coefficient (Wildman–Crippen LogP) is 0.443. The lowest BCUT2D eigenvalue weighted by molar-refractivity contribution is -0.126. The molecule has 124 valence electrons. The van der Waals surface area contributed by atoms with Gasteiger partial charge in [-0.15, -0.1) is 0 Å². The number of ether oxygens (including phenoxy) is 1. The lowest BCUT2D eigenvalue weighted by Crippen LogP contribution is -2.52. The smallest absolute Gasteiger partial charge is 0.253 e. The van der Waals surface area contributed by atoms with Crippen LogP contribution in [0, 0.1) is 0 Å². The van der Waals surface area contributed by atoms with E-state index in [-0.39, 0.29) is 5.91 Å². The molecule has 1 fully saturated rings. The topological polar surface area (TPSA) is 86.0 Å². The van der Waals surface area contributed by atoms with Crippen molar-refractivity contribution < 1.29 is 9.53 Å². The highest BCUT2D eigenvalue weighted by atomic mass is 16.5. The van der Waals surface area contributed by atoms with E-state index in [0.29, 0.717) is 31.8 Å². The van der Waals surface area contributed by atoms with Gasteiger partial charge in [0.1, 0.15) is 5.54 Å². The molecule has 0 aliphatic carbocycles. The van der Waals surface area contributed by atoms with Crippen LogP contribution in [-0.4, -0.2) is 52.3 Å². The third-order valence-corrected chi connectivity index (χ3v) is 4.20. The maximum atomic E-state index is 12.9. The molecular formula is C15H22N6O2. The van der Waals surface area contributed by atoms with E-state index in [0.717, 1.165) is 13.1 Å². The average Bonchev–Trinajstić information content (AvgIpc) is 3.25. The number of anilines is 1. The number of rotatable bonds is 6. The summed E-state index contributed by atoms with van der Waals surface area (Å²) in [6.07, 6.45) is 6.78. The molecule has 3 rings (SSSR count). The van der Waals surface area contributed by atoms with E-state index in [1.807, 2.05) is 18.5 Å². The van der Waals surface area contributed by atoms with Crippen LogP contribution in [0.25, 0.3) is 0 Å². The SMILES string of the molecule is COCCn1ccc(NC(=O)C2(n3cccn3)CCNCC2)n1. The second kappa shape index (κ2) is 6.93. The number of piperidine rings is 1. The van der Waals surface area contributed by atoms with Gasteiger partial charge in [-0.05, 0) is 32.0 Å². The number of hydrogen-bond acceptors (Lipinski definition) is 5. The average molecular weight is 318 g/mol. The Labute approximate surface area is 134 Å². The summed E-state index contributed by atoms with van der Waals surface area (Å²) in [6, 6.07) is 3.64. The zero-order valence-electron chi connectivity index (χ0n) is 13.2. The van der Waals surface area contributed by atoms with Crippen molar-refractivity contribution in [3.05, 3.63) is 30.7 Å². The Morgan fingerprint density at radius 2 is 2.26 bits per heavy atom. The number of nitrogens with zero attached hydrogens (tertiary/aromatic N) is 4. The predicted molar refractivity (Wildman–Crippen MR) is 85.0 cm³/mol. The minimum atomic E-state index is -0.662. The molecule has 2 aromatic heterocycles. The van der Waals surface area contributed by atoms with Crippen LogP contribution in [-0.2, 0) is 21.6 Å². The molecule has 1 aliphatic rings. The molecule has 23 heavy (non-hydrogen) atoms. The lowest BCUT2D eigenvalue weighted by Gasteiger charge is -2.36. The third kappa shape index (κ3) is 3.27. The first kappa shape index (κ1) is 15.7. The van der Waals surface area contributed by atoms with Crippen LogP contribution in [0.15, 0.2) is 30.7 Å². The summed E-state index contributed by atoms with van der Waals surface area (Å²) in [5.41, 5.74) is -0.662. The van der Waals surface area contributed by atoms with E-state index in [9.17, 15) is 4.79 Å². The van der Waals surface area contributed by atoms with Crippen molar-refractivity contribution in [3.8, 4) is 0 Å². The van der Waals surface area contributed by atoms with Crippen molar-refractivity contribution in [3.63, 3.8) is 0 Å². The van der Waals surface area contributed by atoms with Crippen LogP contribution < -0.4 is 10.6 Å². The van der Waals surface area contributed by atoms with Gasteiger partial charge in [-0.25, -0.2) is 0 Å². The first-order valence-corrected chi connectivity index (χ1v) is 7.79. The summed E-state index contributed by atoms with van der Waals surface area (Å²) in [6.45, 7) is 2.81. The summed E-state index contributed by atoms with van der Waals surface area (Å²) in [5.74, 6) is 0.482. The van der Waals surface area contributed by atoms with Crippen molar-refractivity contribution in [1.29, 1.82) is 0 Å². The summed E-state index contributed by atoms with van der Waals surface area (Å²) < 4.78 is 8.55. The molecular weight excluding hydrogens is 296 g/mol. The lowest BCUT2D eigenvalue weighted by atomic mass is 9.87. The minimum Gasteiger partial charge on any atom is -0.383 e. The number of carbonyl (C=O) groups is 1. The summed E-state index contributed by atoms with van der Waals surface area (Å²) in [7, 11) is 1.65. The highest BCUT2D eigenvalue weighted by Crippen LogP contribution is 2.28. The van der Waals surface area contributed by atoms with Gasteiger partial charge in [0.05, 0.1) is 13.2 Å². The Morgan fingerprint density at radius 1 is 1.43 bits per heavy atom. The first-order valence-electron chi connectivity index (χ1n) is 7.79. The standard InChI is InChI=1S/C15H22N6O2/c1-23-12-11-20-10-3-13(19-20)18-14(22)15(4-7-16-8-5-15)21-9-2-6-17-21/h2-3,6,9-10,16H,4-5,7-8,11-12H2,1H3,(H,18,19,22). The van der Waals surface area contributed by atoms with Crippen molar-refractivity contribution in [1.82, 2.24) is 24.9 Å². The zero-order valence-corrected chi connectivity index (χ0v) is 13.2. The molecule has 0 spiro atoms. The Morgan fingerprint density at radius 3 is 2.96 bits per heavy atom. The molecule has 0 radical (unpaired) electrons. The van der Waals surface area contributed by atoms with Gasteiger partial charge < -0.3 is 15.4 Å². The second-order valence-electron chi connectivity index (χ2n) is 5.64. The highest BCUT2D eigenvalue weighted by molar-refractivity contribution is 5.96. The fourth-order valence-corrected chi connectivity index (χ4v) is 2.89. The molecule has 3 heterocycles. The number of carbonyl (C=O) groups excluding carboxylic acids is 1. The zero-order chi connectivity index (χ0) is 16.1. The number of nitrogens with one attached hydrogen (secondary N) is 2. The number of methoxy groups -OCH3 is 1. The third-order valence-electron chi connectivity index (χ3n) is 4.20. The van der Waals surface area contributed by atoms with Gasteiger partial charge in [-0.2, -0.15) is 10.2 Å². The molecule has 0 saturated carbocycles. The van der Waals surface area contributed by atoms with Crippen LogP contribution in [0.5, 0.6) is 0 Å².